The van der Waals surface area contributed by atoms with Crippen molar-refractivity contribution >= 4 is 40.8 Å². The summed E-state index contributed by atoms with van der Waals surface area (Å²) in [6.45, 7) is 1.89. The van der Waals surface area contributed by atoms with Gasteiger partial charge in [-0.05, 0) is 36.8 Å². The molecule has 0 atom stereocenters. The van der Waals surface area contributed by atoms with Crippen molar-refractivity contribution in [2.75, 3.05) is 10.2 Å². The number of nitrogens with one attached hydrogen (secondary N) is 1. The monoisotopic (exact) mass is 355 g/mol. The number of halogens is 1. The number of amides is 2. The fourth-order valence-electron chi connectivity index (χ4n) is 2.41. The first-order valence-electron chi connectivity index (χ1n) is 7.32. The van der Waals surface area contributed by atoms with Crippen molar-refractivity contribution in [3.8, 4) is 0 Å². The third-order valence-corrected chi connectivity index (χ3v) is 4.04. The van der Waals surface area contributed by atoms with Gasteiger partial charge in [0.15, 0.2) is 0 Å². The van der Waals surface area contributed by atoms with Crippen LogP contribution in [0.4, 0.5) is 11.4 Å². The standard InChI is InChI=1S/C18H13ClN2O4/c1-10-5-7-13(8-6-10)21-16(22)14(19)15(17(21)23)20-12-4-2-3-11(9-12)18(24)25/h2-9,20H,1H3,(H,24,25)/p-1. The number of anilines is 2. The van der Waals surface area contributed by atoms with Gasteiger partial charge in [-0.1, -0.05) is 41.4 Å². The highest BCUT2D eigenvalue weighted by Crippen LogP contribution is 2.30. The van der Waals surface area contributed by atoms with Gasteiger partial charge in [0.25, 0.3) is 11.8 Å². The van der Waals surface area contributed by atoms with Crippen molar-refractivity contribution in [3.05, 3.63) is 70.4 Å². The van der Waals surface area contributed by atoms with Gasteiger partial charge < -0.3 is 15.2 Å². The topological polar surface area (TPSA) is 89.5 Å². The van der Waals surface area contributed by atoms with Gasteiger partial charge in [0.2, 0.25) is 0 Å². The van der Waals surface area contributed by atoms with Crippen LogP contribution in [0.1, 0.15) is 15.9 Å². The summed E-state index contributed by atoms with van der Waals surface area (Å²) < 4.78 is 0. The Kier molecular flexibility index (Phi) is 4.29. The van der Waals surface area contributed by atoms with Crippen LogP contribution in [0.3, 0.4) is 0 Å². The summed E-state index contributed by atoms with van der Waals surface area (Å²) in [5, 5.41) is 13.4. The zero-order chi connectivity index (χ0) is 18.1. The van der Waals surface area contributed by atoms with Crippen LogP contribution >= 0.6 is 11.6 Å². The fourth-order valence-corrected chi connectivity index (χ4v) is 2.62. The number of nitrogens with zero attached hydrogens (tertiary/aromatic N) is 1. The molecule has 126 valence electrons. The van der Waals surface area contributed by atoms with Gasteiger partial charge in [-0.25, -0.2) is 4.90 Å². The highest BCUT2D eigenvalue weighted by atomic mass is 35.5. The summed E-state index contributed by atoms with van der Waals surface area (Å²) >= 11 is 6.03. The van der Waals surface area contributed by atoms with Crippen molar-refractivity contribution in [2.45, 2.75) is 6.92 Å². The molecule has 1 aliphatic rings. The quantitative estimate of drug-likeness (QED) is 0.844. The van der Waals surface area contributed by atoms with E-state index >= 15 is 0 Å². The van der Waals surface area contributed by atoms with Gasteiger partial charge in [-0.3, -0.25) is 9.59 Å². The molecule has 2 aromatic carbocycles. The lowest BCUT2D eigenvalue weighted by Crippen LogP contribution is -2.32. The fraction of sp³-hybridized carbons (Fsp3) is 0.0556. The predicted molar refractivity (Wildman–Crippen MR) is 90.9 cm³/mol. The average Bonchev–Trinajstić information content (AvgIpc) is 2.80. The summed E-state index contributed by atoms with van der Waals surface area (Å²) in [5.74, 6) is -2.61. The third-order valence-electron chi connectivity index (χ3n) is 3.69. The SMILES string of the molecule is Cc1ccc(N2C(=O)C(Cl)=C(Nc3cccc(C(=O)[O-])c3)C2=O)cc1. The first-order valence-corrected chi connectivity index (χ1v) is 7.70. The molecule has 0 aromatic heterocycles. The largest absolute Gasteiger partial charge is 0.545 e. The molecular formula is C18H12ClN2O4-. The lowest BCUT2D eigenvalue weighted by atomic mass is 10.2. The maximum absolute atomic E-state index is 12.6. The van der Waals surface area contributed by atoms with E-state index in [1.54, 1.807) is 30.3 Å². The van der Waals surface area contributed by atoms with Crippen molar-refractivity contribution in [2.24, 2.45) is 0 Å². The van der Waals surface area contributed by atoms with Crippen molar-refractivity contribution in [1.29, 1.82) is 0 Å². The highest BCUT2D eigenvalue weighted by molar-refractivity contribution is 6.53. The number of hydrogen-bond acceptors (Lipinski definition) is 5. The lowest BCUT2D eigenvalue weighted by Gasteiger charge is -2.15. The number of imide groups is 1. The zero-order valence-corrected chi connectivity index (χ0v) is 13.8. The summed E-state index contributed by atoms with van der Waals surface area (Å²) in [4.78, 5) is 36.8. The van der Waals surface area contributed by atoms with Crippen LogP contribution in [0.15, 0.2) is 59.3 Å². The van der Waals surface area contributed by atoms with Crippen LogP contribution in [-0.2, 0) is 9.59 Å². The molecule has 0 unspecified atom stereocenters. The average molecular weight is 356 g/mol. The van der Waals surface area contributed by atoms with Crippen LogP contribution in [0.2, 0.25) is 0 Å². The maximum Gasteiger partial charge on any atom is 0.283 e. The Bertz CT molecular complexity index is 919. The van der Waals surface area contributed by atoms with E-state index < -0.39 is 17.8 Å². The zero-order valence-electron chi connectivity index (χ0n) is 13.1. The van der Waals surface area contributed by atoms with Gasteiger partial charge in [-0.2, -0.15) is 0 Å². The Morgan fingerprint density at radius 3 is 2.40 bits per heavy atom. The van der Waals surface area contributed by atoms with Crippen LogP contribution in [0.25, 0.3) is 0 Å². The number of benzene rings is 2. The molecule has 2 aromatic rings. The van der Waals surface area contributed by atoms with E-state index in [0.29, 0.717) is 11.4 Å². The Hall–Kier alpha value is -3.12. The molecular weight excluding hydrogens is 344 g/mol. The molecule has 0 aliphatic carbocycles. The van der Waals surface area contributed by atoms with E-state index in [9.17, 15) is 19.5 Å². The van der Waals surface area contributed by atoms with Gasteiger partial charge in [0, 0.05) is 5.69 Å². The molecule has 2 amide bonds. The van der Waals surface area contributed by atoms with E-state index in [4.69, 9.17) is 11.6 Å². The molecule has 6 nitrogen and oxygen atoms in total. The number of hydrogen-bond donors (Lipinski definition) is 1. The van der Waals surface area contributed by atoms with Crippen LogP contribution < -0.4 is 15.3 Å². The van der Waals surface area contributed by atoms with Crippen LogP contribution in [0.5, 0.6) is 0 Å². The minimum atomic E-state index is -1.35. The summed E-state index contributed by atoms with van der Waals surface area (Å²) in [6.07, 6.45) is 0. The minimum absolute atomic E-state index is 0.0612. The second-order valence-electron chi connectivity index (χ2n) is 5.46. The van der Waals surface area contributed by atoms with E-state index in [2.05, 4.69) is 5.32 Å². The summed E-state index contributed by atoms with van der Waals surface area (Å²) in [6, 6.07) is 12.5. The molecule has 3 rings (SSSR count). The molecule has 1 aliphatic heterocycles. The van der Waals surface area contributed by atoms with Crippen LogP contribution in [0, 0.1) is 6.92 Å². The Morgan fingerprint density at radius 2 is 1.76 bits per heavy atom. The second-order valence-corrected chi connectivity index (χ2v) is 5.84. The molecule has 0 saturated carbocycles. The van der Waals surface area contributed by atoms with Gasteiger partial charge in [0.1, 0.15) is 10.7 Å². The number of carboxylic acids is 1. The molecule has 7 heteroatoms. The molecule has 0 spiro atoms. The van der Waals surface area contributed by atoms with Crippen molar-refractivity contribution < 1.29 is 19.5 Å². The Morgan fingerprint density at radius 1 is 1.08 bits per heavy atom. The van der Waals surface area contributed by atoms with Gasteiger partial charge in [-0.15, -0.1) is 0 Å². The molecule has 0 saturated heterocycles. The number of aromatic carboxylic acids is 1. The Labute approximate surface area is 148 Å². The summed E-state index contributed by atoms with van der Waals surface area (Å²) in [7, 11) is 0. The first kappa shape index (κ1) is 16.7. The smallest absolute Gasteiger partial charge is 0.283 e. The first-order chi connectivity index (χ1) is 11.9. The van der Waals surface area contributed by atoms with Gasteiger partial charge >= 0.3 is 0 Å². The van der Waals surface area contributed by atoms with E-state index in [-0.39, 0.29) is 16.3 Å². The molecule has 0 radical (unpaired) electrons. The van der Waals surface area contributed by atoms with Crippen LogP contribution in [-0.4, -0.2) is 17.8 Å². The number of carbonyl (C=O) groups is 3. The number of aryl methyl sites for hydroxylation is 1. The molecule has 1 N–H and O–H groups in total. The number of rotatable bonds is 4. The predicted octanol–water partition coefficient (Wildman–Crippen LogP) is 1.79. The number of carbonyl (C=O) groups excluding carboxylic acids is 3. The van der Waals surface area contributed by atoms with Crippen molar-refractivity contribution in [1.82, 2.24) is 0 Å². The number of carboxylic acid groups (broad SMARTS) is 1. The van der Waals surface area contributed by atoms with E-state index in [1.807, 2.05) is 6.92 Å². The second kappa shape index (κ2) is 6.41. The maximum atomic E-state index is 12.6. The minimum Gasteiger partial charge on any atom is -0.545 e. The van der Waals surface area contributed by atoms with E-state index in [1.165, 1.54) is 18.2 Å². The lowest BCUT2D eigenvalue weighted by molar-refractivity contribution is -0.255. The molecule has 0 bridgehead atoms. The normalized spacial score (nSPS) is 14.2. The molecule has 0 fully saturated rings. The van der Waals surface area contributed by atoms with Gasteiger partial charge in [0.05, 0.1) is 11.7 Å². The Balaban J connectivity index is 1.91. The molecule has 25 heavy (non-hydrogen) atoms. The van der Waals surface area contributed by atoms with Crippen molar-refractivity contribution in [3.63, 3.8) is 0 Å². The molecule has 1 heterocycles. The highest BCUT2D eigenvalue weighted by Gasteiger charge is 2.38. The summed E-state index contributed by atoms with van der Waals surface area (Å²) in [5.41, 5.74) is 1.52. The third kappa shape index (κ3) is 3.12. The van der Waals surface area contributed by atoms with E-state index in [0.717, 1.165) is 10.5 Å².